The van der Waals surface area contributed by atoms with E-state index in [0.29, 0.717) is 10.9 Å². The first kappa shape index (κ1) is 15.8. The van der Waals surface area contributed by atoms with Crippen LogP contribution in [0.3, 0.4) is 0 Å². The van der Waals surface area contributed by atoms with E-state index in [1.165, 1.54) is 23.8 Å². The lowest BCUT2D eigenvalue weighted by atomic mass is 9.95. The molecule has 0 bridgehead atoms. The highest BCUT2D eigenvalue weighted by Crippen LogP contribution is 2.43. The molecule has 0 saturated carbocycles. The minimum Gasteiger partial charge on any atom is -0.384 e. The highest BCUT2D eigenvalue weighted by molar-refractivity contribution is 7.19. The van der Waals surface area contributed by atoms with Crippen LogP contribution >= 0.6 is 11.3 Å². The molecule has 0 unspecified atom stereocenters. The number of nitrogens with one attached hydrogen (secondary N) is 1. The van der Waals surface area contributed by atoms with Crippen molar-refractivity contribution in [3.8, 4) is 21.8 Å². The van der Waals surface area contributed by atoms with E-state index in [2.05, 4.69) is 22.2 Å². The summed E-state index contributed by atoms with van der Waals surface area (Å²) in [5, 5.41) is 8.24. The molecule has 3 aromatic heterocycles. The molecular weight excluding hydrogens is 336 g/mol. The van der Waals surface area contributed by atoms with E-state index >= 15 is 0 Å². The van der Waals surface area contributed by atoms with Gasteiger partial charge in [0.25, 0.3) is 0 Å². The number of thiazole rings is 1. The van der Waals surface area contributed by atoms with Crippen molar-refractivity contribution in [2.75, 3.05) is 11.1 Å². The zero-order valence-corrected chi connectivity index (χ0v) is 14.9. The lowest BCUT2D eigenvalue weighted by Crippen LogP contribution is -2.07. The van der Waals surface area contributed by atoms with Crippen molar-refractivity contribution in [1.29, 1.82) is 0 Å². The Bertz CT molecular complexity index is 956. The molecule has 0 spiro atoms. The SMILES string of the molecule is CCn1nc(-c2ccc(N)nc2)c2c1-c1sc(NC(C)=O)nc1CC2. The summed E-state index contributed by atoms with van der Waals surface area (Å²) in [4.78, 5) is 21.2. The van der Waals surface area contributed by atoms with Crippen molar-refractivity contribution < 1.29 is 4.79 Å². The summed E-state index contributed by atoms with van der Waals surface area (Å²) in [7, 11) is 0. The number of aryl methyl sites for hydroxylation is 2. The number of nitrogens with two attached hydrogens (primary N) is 1. The van der Waals surface area contributed by atoms with E-state index in [-0.39, 0.29) is 5.91 Å². The minimum absolute atomic E-state index is 0.107. The highest BCUT2D eigenvalue weighted by atomic mass is 32.1. The molecule has 0 radical (unpaired) electrons. The van der Waals surface area contributed by atoms with Gasteiger partial charge in [-0.1, -0.05) is 11.3 Å². The Morgan fingerprint density at radius 3 is 2.92 bits per heavy atom. The van der Waals surface area contributed by atoms with E-state index in [1.807, 2.05) is 10.7 Å². The maximum atomic E-state index is 11.3. The third-order valence-corrected chi connectivity index (χ3v) is 5.24. The number of fused-ring (bicyclic) bond motifs is 3. The number of hydrogen-bond acceptors (Lipinski definition) is 6. The smallest absolute Gasteiger partial charge is 0.223 e. The summed E-state index contributed by atoms with van der Waals surface area (Å²) in [5.74, 6) is 0.390. The third-order valence-electron chi connectivity index (χ3n) is 4.22. The fraction of sp³-hybridized carbons (Fsp3) is 0.294. The Labute approximate surface area is 148 Å². The second-order valence-electron chi connectivity index (χ2n) is 5.94. The summed E-state index contributed by atoms with van der Waals surface area (Å²) >= 11 is 1.51. The van der Waals surface area contributed by atoms with Crippen molar-refractivity contribution in [1.82, 2.24) is 19.7 Å². The number of carbonyl (C=O) groups is 1. The number of amides is 1. The summed E-state index contributed by atoms with van der Waals surface area (Å²) in [6.07, 6.45) is 3.47. The van der Waals surface area contributed by atoms with Crippen molar-refractivity contribution >= 4 is 28.2 Å². The molecule has 8 heteroatoms. The first-order valence-electron chi connectivity index (χ1n) is 8.16. The lowest BCUT2D eigenvalue weighted by molar-refractivity contribution is -0.114. The van der Waals surface area contributed by atoms with Crippen LogP contribution in [0.1, 0.15) is 25.1 Å². The molecule has 0 aliphatic heterocycles. The van der Waals surface area contributed by atoms with Crippen LogP contribution in [-0.4, -0.2) is 25.7 Å². The Kier molecular flexibility index (Phi) is 3.76. The van der Waals surface area contributed by atoms with Crippen molar-refractivity contribution in [2.45, 2.75) is 33.2 Å². The number of nitrogens with zero attached hydrogens (tertiary/aromatic N) is 4. The van der Waals surface area contributed by atoms with Gasteiger partial charge < -0.3 is 11.1 Å². The monoisotopic (exact) mass is 354 g/mol. The average molecular weight is 354 g/mol. The van der Waals surface area contributed by atoms with Gasteiger partial charge in [-0.25, -0.2) is 9.97 Å². The van der Waals surface area contributed by atoms with Gasteiger partial charge in [0.15, 0.2) is 5.13 Å². The molecule has 0 fully saturated rings. The van der Waals surface area contributed by atoms with Gasteiger partial charge in [0.1, 0.15) is 5.82 Å². The number of hydrogen-bond donors (Lipinski definition) is 2. The maximum absolute atomic E-state index is 11.3. The molecule has 3 heterocycles. The summed E-state index contributed by atoms with van der Waals surface area (Å²) < 4.78 is 2.01. The normalized spacial score (nSPS) is 12.6. The molecule has 0 atom stereocenters. The fourth-order valence-electron chi connectivity index (χ4n) is 3.15. The quantitative estimate of drug-likeness (QED) is 0.753. The first-order valence-corrected chi connectivity index (χ1v) is 8.97. The van der Waals surface area contributed by atoms with E-state index in [9.17, 15) is 4.79 Å². The van der Waals surface area contributed by atoms with Crippen LogP contribution in [0.5, 0.6) is 0 Å². The third kappa shape index (κ3) is 2.68. The summed E-state index contributed by atoms with van der Waals surface area (Å²) in [6.45, 7) is 4.33. The Hall–Kier alpha value is -2.74. The van der Waals surface area contributed by atoms with Crippen LogP contribution in [0.4, 0.5) is 10.9 Å². The van der Waals surface area contributed by atoms with Crippen LogP contribution in [0, 0.1) is 0 Å². The molecule has 7 nitrogen and oxygen atoms in total. The summed E-state index contributed by atoms with van der Waals surface area (Å²) in [6, 6.07) is 3.75. The molecule has 25 heavy (non-hydrogen) atoms. The standard InChI is InChI=1S/C17H18N6OS/c1-3-23-15-11(14(22-23)10-4-7-13(18)19-8-10)5-6-12-16(15)25-17(21-12)20-9(2)24/h4,7-8H,3,5-6H2,1-2H3,(H2,18,19)(H,20,21,24). The largest absolute Gasteiger partial charge is 0.384 e. The number of aromatic nitrogens is 4. The topological polar surface area (TPSA) is 98.7 Å². The van der Waals surface area contributed by atoms with Crippen LogP contribution < -0.4 is 11.1 Å². The number of anilines is 2. The van der Waals surface area contributed by atoms with Gasteiger partial charge in [-0.05, 0) is 31.9 Å². The van der Waals surface area contributed by atoms with E-state index in [1.54, 1.807) is 12.3 Å². The molecule has 3 N–H and O–H groups in total. The number of carbonyl (C=O) groups excluding carboxylic acids is 1. The molecule has 1 amide bonds. The van der Waals surface area contributed by atoms with Gasteiger partial charge >= 0.3 is 0 Å². The van der Waals surface area contributed by atoms with E-state index in [4.69, 9.17) is 10.8 Å². The van der Waals surface area contributed by atoms with Crippen molar-refractivity contribution in [3.05, 3.63) is 29.6 Å². The molecule has 1 aliphatic rings. The van der Waals surface area contributed by atoms with Gasteiger partial charge in [0.2, 0.25) is 5.91 Å². The molecule has 0 saturated heterocycles. The van der Waals surface area contributed by atoms with Gasteiger partial charge in [-0.15, -0.1) is 0 Å². The lowest BCUT2D eigenvalue weighted by Gasteiger charge is -2.13. The summed E-state index contributed by atoms with van der Waals surface area (Å²) in [5.41, 5.74) is 11.0. The molecule has 128 valence electrons. The van der Waals surface area contributed by atoms with Crippen molar-refractivity contribution in [3.63, 3.8) is 0 Å². The van der Waals surface area contributed by atoms with Crippen LogP contribution in [0.15, 0.2) is 18.3 Å². The highest BCUT2D eigenvalue weighted by Gasteiger charge is 2.28. The van der Waals surface area contributed by atoms with Crippen LogP contribution in [0.2, 0.25) is 0 Å². The second kappa shape index (κ2) is 5.96. The minimum atomic E-state index is -0.107. The zero-order valence-electron chi connectivity index (χ0n) is 14.0. The Balaban J connectivity index is 1.85. The predicted molar refractivity (Wildman–Crippen MR) is 98.4 cm³/mol. The van der Waals surface area contributed by atoms with Crippen molar-refractivity contribution in [2.24, 2.45) is 0 Å². The van der Waals surface area contributed by atoms with Gasteiger partial charge in [0.05, 0.1) is 22.0 Å². The average Bonchev–Trinajstić information content (AvgIpc) is 3.15. The molecule has 0 aromatic carbocycles. The number of pyridine rings is 1. The fourth-order valence-corrected chi connectivity index (χ4v) is 4.28. The predicted octanol–water partition coefficient (Wildman–Crippen LogP) is 2.73. The van der Waals surface area contributed by atoms with Gasteiger partial charge in [-0.3, -0.25) is 9.48 Å². The Morgan fingerprint density at radius 2 is 2.24 bits per heavy atom. The van der Waals surface area contributed by atoms with Gasteiger partial charge in [-0.2, -0.15) is 5.10 Å². The first-order chi connectivity index (χ1) is 12.1. The number of rotatable bonds is 3. The van der Waals surface area contributed by atoms with E-state index < -0.39 is 0 Å². The van der Waals surface area contributed by atoms with Crippen LogP contribution in [0.25, 0.3) is 21.8 Å². The van der Waals surface area contributed by atoms with Crippen LogP contribution in [-0.2, 0) is 24.2 Å². The zero-order chi connectivity index (χ0) is 17.6. The maximum Gasteiger partial charge on any atom is 0.223 e. The molecular formula is C17H18N6OS. The molecule has 1 aliphatic carbocycles. The van der Waals surface area contributed by atoms with E-state index in [0.717, 1.165) is 46.9 Å². The number of nitrogen functional groups attached to an aromatic ring is 1. The molecule has 4 rings (SSSR count). The Morgan fingerprint density at radius 1 is 1.40 bits per heavy atom. The second-order valence-corrected chi connectivity index (χ2v) is 6.94. The molecule has 3 aromatic rings. The van der Waals surface area contributed by atoms with Gasteiger partial charge in [0, 0.05) is 30.8 Å².